The lowest BCUT2D eigenvalue weighted by atomic mass is 9.89. The molecule has 2 heteroatoms. The summed E-state index contributed by atoms with van der Waals surface area (Å²) in [7, 11) is 0. The fourth-order valence-electron chi connectivity index (χ4n) is 4.60. The van der Waals surface area contributed by atoms with Crippen molar-refractivity contribution in [2.24, 2.45) is 5.92 Å². The second kappa shape index (κ2) is 10.1. The summed E-state index contributed by atoms with van der Waals surface area (Å²) in [4.78, 5) is 2.81. The van der Waals surface area contributed by atoms with E-state index in [9.17, 15) is 0 Å². The average molecular weight is 341 g/mol. The van der Waals surface area contributed by atoms with Crippen LogP contribution in [0.25, 0.3) is 6.08 Å². The van der Waals surface area contributed by atoms with Crippen LogP contribution in [-0.4, -0.2) is 37.1 Å². The molecule has 1 aromatic carbocycles. The number of benzene rings is 1. The molecular formula is C23H36N2. The molecule has 3 rings (SSSR count). The third kappa shape index (κ3) is 6.27. The van der Waals surface area contributed by atoms with Gasteiger partial charge in [-0.15, -0.1) is 0 Å². The van der Waals surface area contributed by atoms with Gasteiger partial charge in [0.05, 0.1) is 0 Å². The van der Waals surface area contributed by atoms with Gasteiger partial charge in [-0.2, -0.15) is 0 Å². The van der Waals surface area contributed by atoms with Gasteiger partial charge in [0.25, 0.3) is 0 Å². The molecule has 0 bridgehead atoms. The van der Waals surface area contributed by atoms with Crippen molar-refractivity contribution in [2.45, 2.75) is 64.3 Å². The van der Waals surface area contributed by atoms with E-state index in [0.717, 1.165) is 25.0 Å². The van der Waals surface area contributed by atoms with E-state index in [1.54, 1.807) is 0 Å². The first-order valence-electron chi connectivity index (χ1n) is 10.5. The van der Waals surface area contributed by atoms with Crippen molar-refractivity contribution >= 4 is 6.08 Å². The molecule has 1 aliphatic heterocycles. The second-order valence-electron chi connectivity index (χ2n) is 8.16. The maximum atomic E-state index is 3.66. The molecule has 0 amide bonds. The molecule has 1 aromatic rings. The van der Waals surface area contributed by atoms with Gasteiger partial charge in [0.15, 0.2) is 0 Å². The Morgan fingerprint density at radius 2 is 1.88 bits per heavy atom. The van der Waals surface area contributed by atoms with E-state index < -0.39 is 0 Å². The van der Waals surface area contributed by atoms with Crippen molar-refractivity contribution in [2.75, 3.05) is 26.2 Å². The Balaban J connectivity index is 1.35. The minimum atomic E-state index is 0.827. The lowest BCUT2D eigenvalue weighted by Gasteiger charge is -2.31. The Labute approximate surface area is 154 Å². The quantitative estimate of drug-likeness (QED) is 0.661. The Kier molecular flexibility index (Phi) is 7.56. The predicted octanol–water partition coefficient (Wildman–Crippen LogP) is 5.11. The maximum absolute atomic E-state index is 3.66. The van der Waals surface area contributed by atoms with Gasteiger partial charge in [0.2, 0.25) is 0 Å². The van der Waals surface area contributed by atoms with Crippen LogP contribution in [0.15, 0.2) is 35.9 Å². The zero-order valence-corrected chi connectivity index (χ0v) is 16.1. The molecule has 0 radical (unpaired) electrons. The Morgan fingerprint density at radius 3 is 2.68 bits per heavy atom. The Hall–Kier alpha value is -1.12. The molecule has 1 unspecified atom stereocenters. The maximum Gasteiger partial charge on any atom is 0.0165 e. The molecule has 2 nitrogen and oxygen atoms in total. The van der Waals surface area contributed by atoms with Crippen LogP contribution >= 0.6 is 0 Å². The summed E-state index contributed by atoms with van der Waals surface area (Å²) >= 11 is 0. The Morgan fingerprint density at radius 1 is 1.08 bits per heavy atom. The number of hydrogen-bond acceptors (Lipinski definition) is 2. The van der Waals surface area contributed by atoms with Crippen LogP contribution < -0.4 is 5.32 Å². The number of nitrogens with one attached hydrogen (secondary N) is 1. The van der Waals surface area contributed by atoms with E-state index in [4.69, 9.17) is 0 Å². The van der Waals surface area contributed by atoms with E-state index in [-0.39, 0.29) is 0 Å². The fourth-order valence-corrected chi connectivity index (χ4v) is 4.60. The number of nitrogens with zero attached hydrogens (tertiary/aromatic N) is 1. The van der Waals surface area contributed by atoms with E-state index >= 15 is 0 Å². The first kappa shape index (κ1) is 18.7. The smallest absolute Gasteiger partial charge is 0.0165 e. The van der Waals surface area contributed by atoms with Gasteiger partial charge >= 0.3 is 0 Å². The Bertz CT molecular complexity index is 516. The van der Waals surface area contributed by atoms with Crippen molar-refractivity contribution in [3.63, 3.8) is 0 Å². The lowest BCUT2D eigenvalue weighted by molar-refractivity contribution is 0.181. The zero-order valence-electron chi connectivity index (χ0n) is 16.1. The van der Waals surface area contributed by atoms with Crippen LogP contribution in [0.2, 0.25) is 0 Å². The number of hydrogen-bond donors (Lipinski definition) is 1. The predicted molar refractivity (Wildman–Crippen MR) is 109 cm³/mol. The molecule has 1 aliphatic carbocycles. The highest BCUT2D eigenvalue weighted by atomic mass is 15.2. The SMILES string of the molecule is C/C(=C\c1ccccc1)CNCCC1CCCN1CC1CCCCC1. The van der Waals surface area contributed by atoms with E-state index in [0.29, 0.717) is 0 Å². The van der Waals surface area contributed by atoms with Crippen molar-refractivity contribution in [1.82, 2.24) is 10.2 Å². The van der Waals surface area contributed by atoms with Crippen LogP contribution in [0.4, 0.5) is 0 Å². The summed E-state index contributed by atoms with van der Waals surface area (Å²) in [6.07, 6.45) is 13.8. The summed E-state index contributed by atoms with van der Waals surface area (Å²) in [5.74, 6) is 0.985. The normalized spacial score (nSPS) is 23.2. The third-order valence-corrected chi connectivity index (χ3v) is 5.99. The first-order valence-corrected chi connectivity index (χ1v) is 10.5. The fraction of sp³-hybridized carbons (Fsp3) is 0.652. The van der Waals surface area contributed by atoms with Gasteiger partial charge in [-0.05, 0) is 63.6 Å². The molecule has 1 heterocycles. The summed E-state index contributed by atoms with van der Waals surface area (Å²) in [5.41, 5.74) is 2.72. The lowest BCUT2D eigenvalue weighted by Crippen LogP contribution is -2.36. The third-order valence-electron chi connectivity index (χ3n) is 5.99. The summed E-state index contributed by atoms with van der Waals surface area (Å²) in [6.45, 7) is 7.09. The summed E-state index contributed by atoms with van der Waals surface area (Å²) < 4.78 is 0. The molecule has 25 heavy (non-hydrogen) atoms. The van der Waals surface area contributed by atoms with Gasteiger partial charge in [-0.3, -0.25) is 0 Å². The number of likely N-dealkylation sites (tertiary alicyclic amines) is 1. The molecular weight excluding hydrogens is 304 g/mol. The standard InChI is InChI=1S/C23H36N2/c1-20(17-21-9-4-2-5-10-21)18-24-15-14-23-13-8-16-25(23)19-22-11-6-3-7-12-22/h2,4-5,9-10,17,22-24H,3,6-8,11-16,18-19H2,1H3/b20-17+. The molecule has 138 valence electrons. The largest absolute Gasteiger partial charge is 0.313 e. The van der Waals surface area contributed by atoms with Gasteiger partial charge in [0, 0.05) is 19.1 Å². The van der Waals surface area contributed by atoms with Crippen molar-refractivity contribution in [3.8, 4) is 0 Å². The highest BCUT2D eigenvalue weighted by molar-refractivity contribution is 5.52. The van der Waals surface area contributed by atoms with Gasteiger partial charge in [-0.25, -0.2) is 0 Å². The van der Waals surface area contributed by atoms with Crippen LogP contribution in [0.3, 0.4) is 0 Å². The average Bonchev–Trinajstić information content (AvgIpc) is 3.07. The van der Waals surface area contributed by atoms with Gasteiger partial charge in [-0.1, -0.05) is 61.2 Å². The van der Waals surface area contributed by atoms with Crippen molar-refractivity contribution < 1.29 is 0 Å². The monoisotopic (exact) mass is 340 g/mol. The van der Waals surface area contributed by atoms with E-state index in [1.807, 2.05) is 0 Å². The second-order valence-corrected chi connectivity index (χ2v) is 8.16. The summed E-state index contributed by atoms with van der Waals surface area (Å²) in [6, 6.07) is 11.5. The molecule has 1 N–H and O–H groups in total. The highest BCUT2D eigenvalue weighted by Gasteiger charge is 2.26. The minimum Gasteiger partial charge on any atom is -0.313 e. The van der Waals surface area contributed by atoms with Crippen LogP contribution in [0.5, 0.6) is 0 Å². The molecule has 1 atom stereocenters. The van der Waals surface area contributed by atoms with Gasteiger partial charge < -0.3 is 10.2 Å². The topological polar surface area (TPSA) is 15.3 Å². The van der Waals surface area contributed by atoms with E-state index in [1.165, 1.54) is 75.6 Å². The zero-order chi connectivity index (χ0) is 17.3. The highest BCUT2D eigenvalue weighted by Crippen LogP contribution is 2.28. The van der Waals surface area contributed by atoms with Crippen molar-refractivity contribution in [3.05, 3.63) is 41.5 Å². The molecule has 2 fully saturated rings. The van der Waals surface area contributed by atoms with Crippen molar-refractivity contribution in [1.29, 1.82) is 0 Å². The molecule has 0 aromatic heterocycles. The first-order chi connectivity index (χ1) is 12.3. The van der Waals surface area contributed by atoms with Crippen LogP contribution in [-0.2, 0) is 0 Å². The number of rotatable bonds is 8. The van der Waals surface area contributed by atoms with Gasteiger partial charge in [0.1, 0.15) is 0 Å². The van der Waals surface area contributed by atoms with Crippen LogP contribution in [0, 0.1) is 5.92 Å². The molecule has 1 saturated carbocycles. The molecule has 0 spiro atoms. The molecule has 2 aliphatic rings. The van der Waals surface area contributed by atoms with Crippen LogP contribution in [0.1, 0.15) is 63.9 Å². The minimum absolute atomic E-state index is 0.827. The molecule has 1 saturated heterocycles. The summed E-state index contributed by atoms with van der Waals surface area (Å²) in [5, 5.41) is 3.66. The van der Waals surface area contributed by atoms with E-state index in [2.05, 4.69) is 53.5 Å².